The second-order valence-corrected chi connectivity index (χ2v) is 16.0. The summed E-state index contributed by atoms with van der Waals surface area (Å²) >= 11 is 0. The maximum absolute atomic E-state index is 12.7. The molecular weight excluding hydrogens is 745 g/mol. The molecule has 0 aromatic heterocycles. The first-order valence-corrected chi connectivity index (χ1v) is 24.6. The Labute approximate surface area is 369 Å². The summed E-state index contributed by atoms with van der Waals surface area (Å²) in [5, 5.41) is 0. The largest absolute Gasteiger partial charge is 0.462 e. The van der Waals surface area contributed by atoms with Crippen LogP contribution in [0.5, 0.6) is 0 Å². The van der Waals surface area contributed by atoms with Gasteiger partial charge in [0.1, 0.15) is 13.2 Å². The van der Waals surface area contributed by atoms with Crippen LogP contribution in [0.2, 0.25) is 0 Å². The van der Waals surface area contributed by atoms with Gasteiger partial charge >= 0.3 is 17.9 Å². The minimum Gasteiger partial charge on any atom is -0.462 e. The Hall–Kier alpha value is -3.41. The molecule has 60 heavy (non-hydrogen) atoms. The van der Waals surface area contributed by atoms with Gasteiger partial charge in [-0.15, -0.1) is 0 Å². The van der Waals surface area contributed by atoms with Gasteiger partial charge in [0.25, 0.3) is 0 Å². The summed E-state index contributed by atoms with van der Waals surface area (Å²) in [4.78, 5) is 37.8. The second-order valence-electron chi connectivity index (χ2n) is 16.0. The fourth-order valence-electron chi connectivity index (χ4n) is 6.47. The van der Waals surface area contributed by atoms with E-state index < -0.39 is 6.10 Å². The van der Waals surface area contributed by atoms with Crippen LogP contribution in [0.4, 0.5) is 0 Å². The molecule has 6 nitrogen and oxygen atoms in total. The van der Waals surface area contributed by atoms with Crippen LogP contribution in [-0.2, 0) is 28.6 Å². The van der Waals surface area contributed by atoms with E-state index in [9.17, 15) is 14.4 Å². The van der Waals surface area contributed by atoms with E-state index in [1.807, 2.05) is 0 Å². The number of ether oxygens (including phenoxy) is 3. The molecule has 0 aliphatic rings. The van der Waals surface area contributed by atoms with Crippen molar-refractivity contribution in [3.05, 3.63) is 85.1 Å². The minimum atomic E-state index is -0.795. The van der Waals surface area contributed by atoms with E-state index in [1.54, 1.807) is 0 Å². The zero-order valence-corrected chi connectivity index (χ0v) is 38.9. The van der Waals surface area contributed by atoms with Gasteiger partial charge in [0.2, 0.25) is 0 Å². The first-order chi connectivity index (χ1) is 29.5. The van der Waals surface area contributed by atoms with E-state index in [2.05, 4.69) is 106 Å². The van der Waals surface area contributed by atoms with Gasteiger partial charge in [0, 0.05) is 19.3 Å². The SMILES string of the molecule is CC/C=C\C/C=C\C/C=C\CCCCCCCCCCCC(=O)OCC(COC(=O)CCCCC/C=C\C=C/CCCC)OC(=O)CCCCCCC/C=C\C/C=C\CC. The van der Waals surface area contributed by atoms with Gasteiger partial charge in [0.15, 0.2) is 6.10 Å². The molecule has 0 heterocycles. The van der Waals surface area contributed by atoms with Crippen LogP contribution in [0.25, 0.3) is 0 Å². The van der Waals surface area contributed by atoms with Crippen LogP contribution >= 0.6 is 0 Å². The Morgan fingerprint density at radius 1 is 0.367 bits per heavy atom. The maximum Gasteiger partial charge on any atom is 0.306 e. The number of hydrogen-bond acceptors (Lipinski definition) is 6. The van der Waals surface area contributed by atoms with Crippen LogP contribution in [0.3, 0.4) is 0 Å². The average molecular weight is 835 g/mol. The van der Waals surface area contributed by atoms with Crippen LogP contribution in [0, 0.1) is 0 Å². The summed E-state index contributed by atoms with van der Waals surface area (Å²) in [6, 6.07) is 0. The Bertz CT molecular complexity index is 1190. The Morgan fingerprint density at radius 2 is 0.700 bits per heavy atom. The molecule has 0 radical (unpaired) electrons. The third kappa shape index (κ3) is 45.7. The number of hydrogen-bond donors (Lipinski definition) is 0. The van der Waals surface area contributed by atoms with E-state index in [0.29, 0.717) is 19.3 Å². The normalized spacial score (nSPS) is 12.8. The molecule has 1 atom stereocenters. The molecule has 0 aromatic carbocycles. The number of rotatable bonds is 43. The predicted molar refractivity (Wildman–Crippen MR) is 256 cm³/mol. The number of allylic oxidation sites excluding steroid dienone is 14. The molecule has 0 fully saturated rings. The maximum atomic E-state index is 12.7. The van der Waals surface area contributed by atoms with Crippen molar-refractivity contribution >= 4 is 17.9 Å². The fraction of sp³-hybridized carbons (Fsp3) is 0.685. The lowest BCUT2D eigenvalue weighted by molar-refractivity contribution is -0.167. The molecule has 0 aliphatic carbocycles. The zero-order valence-electron chi connectivity index (χ0n) is 38.9. The number of carbonyl (C=O) groups excluding carboxylic acids is 3. The van der Waals surface area contributed by atoms with Gasteiger partial charge < -0.3 is 14.2 Å². The van der Waals surface area contributed by atoms with Crippen LogP contribution in [0.15, 0.2) is 85.1 Å². The standard InChI is InChI=1S/C54H90O6/c1-4-7-10-13-16-19-22-24-25-26-27-28-29-30-33-35-38-41-44-47-53(56)59-50-51(49-58-52(55)46-43-40-37-34-31-21-18-15-12-9-6-3)60-54(57)48-45-42-39-36-32-23-20-17-14-11-8-5-2/h7-8,10-11,15-21,24-25,31,51H,4-6,9,12-14,22-23,26-30,32-50H2,1-3H3/b10-7-,11-8-,18-15-,19-16-,20-17-,25-24-,31-21-. The Kier molecular flexibility index (Phi) is 45.5. The molecule has 1 unspecified atom stereocenters. The third-order valence-electron chi connectivity index (χ3n) is 10.1. The van der Waals surface area contributed by atoms with Gasteiger partial charge in [-0.25, -0.2) is 0 Å². The molecule has 0 spiro atoms. The van der Waals surface area contributed by atoms with E-state index in [4.69, 9.17) is 14.2 Å². The van der Waals surface area contributed by atoms with E-state index >= 15 is 0 Å². The molecule has 6 heteroatoms. The van der Waals surface area contributed by atoms with Crippen molar-refractivity contribution in [2.75, 3.05) is 13.2 Å². The van der Waals surface area contributed by atoms with Crippen molar-refractivity contribution in [3.63, 3.8) is 0 Å². The van der Waals surface area contributed by atoms with Crippen molar-refractivity contribution in [2.24, 2.45) is 0 Å². The smallest absolute Gasteiger partial charge is 0.306 e. The van der Waals surface area contributed by atoms with E-state index in [-0.39, 0.29) is 31.1 Å². The second kappa shape index (κ2) is 48.3. The summed E-state index contributed by atoms with van der Waals surface area (Å²) in [5.41, 5.74) is 0. The third-order valence-corrected chi connectivity index (χ3v) is 10.1. The summed E-state index contributed by atoms with van der Waals surface area (Å²) < 4.78 is 16.7. The quantitative estimate of drug-likeness (QED) is 0.0200. The molecule has 0 aromatic rings. The first kappa shape index (κ1) is 56.6. The Balaban J connectivity index is 4.37. The lowest BCUT2D eigenvalue weighted by Crippen LogP contribution is -2.30. The number of unbranched alkanes of at least 4 members (excludes halogenated alkanes) is 19. The highest BCUT2D eigenvalue weighted by Crippen LogP contribution is 2.14. The summed E-state index contributed by atoms with van der Waals surface area (Å²) in [6.07, 6.45) is 61.4. The molecule has 0 amide bonds. The van der Waals surface area contributed by atoms with E-state index in [1.165, 1.54) is 57.8 Å². The molecule has 0 aliphatic heterocycles. The molecule has 342 valence electrons. The van der Waals surface area contributed by atoms with Crippen molar-refractivity contribution in [2.45, 2.75) is 226 Å². The van der Waals surface area contributed by atoms with E-state index in [0.717, 1.165) is 122 Å². The van der Waals surface area contributed by atoms with Gasteiger partial charge in [-0.05, 0) is 96.3 Å². The van der Waals surface area contributed by atoms with Gasteiger partial charge in [-0.1, -0.05) is 189 Å². The zero-order chi connectivity index (χ0) is 43.7. The molecule has 0 saturated heterocycles. The molecule has 0 bridgehead atoms. The lowest BCUT2D eigenvalue weighted by Gasteiger charge is -2.18. The molecule has 0 rings (SSSR count). The monoisotopic (exact) mass is 835 g/mol. The minimum absolute atomic E-state index is 0.0946. The number of carbonyl (C=O) groups is 3. The van der Waals surface area contributed by atoms with Gasteiger partial charge in [0.05, 0.1) is 0 Å². The number of esters is 3. The van der Waals surface area contributed by atoms with Crippen LogP contribution in [0.1, 0.15) is 220 Å². The highest BCUT2D eigenvalue weighted by Gasteiger charge is 2.19. The van der Waals surface area contributed by atoms with Crippen molar-refractivity contribution in [1.29, 1.82) is 0 Å². The highest BCUT2D eigenvalue weighted by atomic mass is 16.6. The summed E-state index contributed by atoms with van der Waals surface area (Å²) in [5.74, 6) is -0.948. The summed E-state index contributed by atoms with van der Waals surface area (Å²) in [7, 11) is 0. The summed E-state index contributed by atoms with van der Waals surface area (Å²) in [6.45, 7) is 6.31. The topological polar surface area (TPSA) is 78.9 Å². The van der Waals surface area contributed by atoms with Crippen LogP contribution < -0.4 is 0 Å². The highest BCUT2D eigenvalue weighted by molar-refractivity contribution is 5.71. The Morgan fingerprint density at radius 3 is 1.13 bits per heavy atom. The van der Waals surface area contributed by atoms with Crippen molar-refractivity contribution < 1.29 is 28.6 Å². The lowest BCUT2D eigenvalue weighted by atomic mass is 10.1. The van der Waals surface area contributed by atoms with Crippen molar-refractivity contribution in [3.8, 4) is 0 Å². The molecular formula is C54H90O6. The van der Waals surface area contributed by atoms with Gasteiger partial charge in [-0.2, -0.15) is 0 Å². The van der Waals surface area contributed by atoms with Crippen LogP contribution in [-0.4, -0.2) is 37.2 Å². The van der Waals surface area contributed by atoms with Crippen molar-refractivity contribution in [1.82, 2.24) is 0 Å². The van der Waals surface area contributed by atoms with Gasteiger partial charge in [-0.3, -0.25) is 14.4 Å². The molecule has 0 N–H and O–H groups in total. The average Bonchev–Trinajstić information content (AvgIpc) is 3.24. The first-order valence-electron chi connectivity index (χ1n) is 24.6. The fourth-order valence-corrected chi connectivity index (χ4v) is 6.47. The predicted octanol–water partition coefficient (Wildman–Crippen LogP) is 16.0. The molecule has 0 saturated carbocycles.